The number of ether oxygens (including phenoxy) is 2. The highest BCUT2D eigenvalue weighted by molar-refractivity contribution is 7.47. The van der Waals surface area contributed by atoms with Crippen LogP contribution >= 0.6 is 7.82 Å². The molecule has 1 unspecified atom stereocenters. The number of unbranched alkanes of at least 4 members (excludes halogenated alkanes) is 16. The molecule has 2 atom stereocenters. The molecule has 0 aliphatic carbocycles. The van der Waals surface area contributed by atoms with E-state index in [4.69, 9.17) is 18.5 Å². The lowest BCUT2D eigenvalue weighted by Crippen LogP contribution is -2.37. The molecule has 9 nitrogen and oxygen atoms in total. The van der Waals surface area contributed by atoms with Gasteiger partial charge in [0.2, 0.25) is 0 Å². The first-order valence-corrected chi connectivity index (χ1v) is 20.6. The number of carbonyl (C=O) groups excluding carboxylic acids is 2. The number of hydrogen-bond donors (Lipinski definition) is 1. The third-order valence-corrected chi connectivity index (χ3v) is 8.94. The van der Waals surface area contributed by atoms with Gasteiger partial charge in [-0.15, -0.1) is 0 Å². The van der Waals surface area contributed by atoms with Gasteiger partial charge < -0.3 is 18.9 Å². The minimum absolute atomic E-state index is 0.0295. The minimum atomic E-state index is -4.37. The zero-order chi connectivity index (χ0) is 35.8. The van der Waals surface area contributed by atoms with Crippen molar-refractivity contribution in [2.75, 3.05) is 47.5 Å². The second-order valence-electron chi connectivity index (χ2n) is 14.0. The van der Waals surface area contributed by atoms with Gasteiger partial charge in [-0.3, -0.25) is 18.6 Å². The van der Waals surface area contributed by atoms with Crippen molar-refractivity contribution in [3.8, 4) is 0 Å². The third-order valence-electron chi connectivity index (χ3n) is 7.95. The maximum absolute atomic E-state index is 12.6. The van der Waals surface area contributed by atoms with Crippen LogP contribution in [0.4, 0.5) is 0 Å². The Balaban J connectivity index is 4.46. The van der Waals surface area contributed by atoms with Crippen molar-refractivity contribution in [3.05, 3.63) is 24.3 Å². The highest BCUT2D eigenvalue weighted by Gasteiger charge is 2.27. The second kappa shape index (κ2) is 31.5. The van der Waals surface area contributed by atoms with E-state index in [1.54, 1.807) is 0 Å². The van der Waals surface area contributed by atoms with Crippen LogP contribution in [0.5, 0.6) is 0 Å². The molecule has 0 heterocycles. The predicted molar refractivity (Wildman–Crippen MR) is 197 cm³/mol. The van der Waals surface area contributed by atoms with E-state index < -0.39 is 26.5 Å². The normalized spacial score (nSPS) is 14.0. The Morgan fingerprint density at radius 3 is 1.60 bits per heavy atom. The fourth-order valence-electron chi connectivity index (χ4n) is 4.87. The monoisotopic (exact) mass is 703 g/mol. The van der Waals surface area contributed by atoms with E-state index in [1.807, 2.05) is 21.1 Å². The summed E-state index contributed by atoms with van der Waals surface area (Å²) in [5.41, 5.74) is 0. The summed E-state index contributed by atoms with van der Waals surface area (Å²) in [4.78, 5) is 35.1. The van der Waals surface area contributed by atoms with Gasteiger partial charge in [-0.25, -0.2) is 4.57 Å². The molecule has 1 N–H and O–H groups in total. The smallest absolute Gasteiger partial charge is 0.462 e. The average molecular weight is 703 g/mol. The second-order valence-corrected chi connectivity index (χ2v) is 15.4. The average Bonchev–Trinajstić information content (AvgIpc) is 3.02. The number of phosphoric acid groups is 1. The number of esters is 2. The summed E-state index contributed by atoms with van der Waals surface area (Å²) in [6, 6.07) is 0. The lowest BCUT2D eigenvalue weighted by atomic mass is 10.1. The third kappa shape index (κ3) is 34.4. The first kappa shape index (κ1) is 46.5. The lowest BCUT2D eigenvalue weighted by molar-refractivity contribution is -0.870. The predicted octanol–water partition coefficient (Wildman–Crippen LogP) is 10.0. The Morgan fingerprint density at radius 2 is 1.08 bits per heavy atom. The first-order valence-electron chi connectivity index (χ1n) is 19.1. The maximum atomic E-state index is 12.6. The van der Waals surface area contributed by atoms with Crippen LogP contribution in [0.2, 0.25) is 0 Å². The standard InChI is InChI=1S/C38H72NO8P/c1-6-8-10-12-14-16-18-19-21-22-24-26-28-30-37(40)44-34-36(35-46-48(42,43)45-33-32-39(3,4)5)47-38(41)31-29-27-25-23-20-17-15-13-11-9-7-2/h13,15-16,18,36H,6-12,14,17,19-35H2,1-5H3/p+1/b15-13-,18-16-/t36-/m1/s1. The first-order chi connectivity index (χ1) is 23.0. The Labute approximate surface area is 294 Å². The molecule has 0 radical (unpaired) electrons. The van der Waals surface area contributed by atoms with E-state index >= 15 is 0 Å². The van der Waals surface area contributed by atoms with Gasteiger partial charge in [0.15, 0.2) is 6.10 Å². The van der Waals surface area contributed by atoms with Crippen LogP contribution in [0.25, 0.3) is 0 Å². The van der Waals surface area contributed by atoms with E-state index in [-0.39, 0.29) is 32.0 Å². The van der Waals surface area contributed by atoms with Crippen LogP contribution in [0.1, 0.15) is 155 Å². The number of nitrogens with zero attached hydrogens (tertiary/aromatic N) is 1. The number of quaternary nitrogens is 1. The molecule has 0 aromatic rings. The number of allylic oxidation sites excluding steroid dienone is 4. The summed E-state index contributed by atoms with van der Waals surface area (Å²) in [7, 11) is 1.46. The Bertz CT molecular complexity index is 886. The van der Waals surface area contributed by atoms with E-state index in [0.29, 0.717) is 17.4 Å². The Kier molecular flexibility index (Phi) is 30.5. The van der Waals surface area contributed by atoms with Crippen LogP contribution in [0.15, 0.2) is 24.3 Å². The summed E-state index contributed by atoms with van der Waals surface area (Å²) in [5.74, 6) is -0.822. The van der Waals surface area contributed by atoms with Crippen molar-refractivity contribution in [1.29, 1.82) is 0 Å². The van der Waals surface area contributed by atoms with Crippen LogP contribution in [0, 0.1) is 0 Å². The molecule has 0 aromatic heterocycles. The van der Waals surface area contributed by atoms with E-state index in [9.17, 15) is 19.0 Å². The van der Waals surface area contributed by atoms with Crippen LogP contribution in [-0.2, 0) is 32.7 Å². The van der Waals surface area contributed by atoms with Gasteiger partial charge in [0.05, 0.1) is 27.7 Å². The number of likely N-dealkylation sites (N-methyl/N-ethyl adjacent to an activating group) is 1. The van der Waals surface area contributed by atoms with Gasteiger partial charge in [0.1, 0.15) is 19.8 Å². The molecular formula is C38H73NO8P+. The molecule has 0 aromatic carbocycles. The van der Waals surface area contributed by atoms with Crippen molar-refractivity contribution < 1.29 is 42.1 Å². The molecule has 10 heteroatoms. The van der Waals surface area contributed by atoms with Crippen molar-refractivity contribution >= 4 is 19.8 Å². The molecular weight excluding hydrogens is 629 g/mol. The molecule has 0 bridgehead atoms. The van der Waals surface area contributed by atoms with E-state index in [2.05, 4.69) is 38.2 Å². The van der Waals surface area contributed by atoms with Gasteiger partial charge in [-0.05, 0) is 57.8 Å². The van der Waals surface area contributed by atoms with Crippen molar-refractivity contribution in [2.24, 2.45) is 0 Å². The number of rotatable bonds is 34. The molecule has 0 fully saturated rings. The summed E-state index contributed by atoms with van der Waals surface area (Å²) < 4.78 is 34.1. The minimum Gasteiger partial charge on any atom is -0.462 e. The Hall–Kier alpha value is -1.51. The maximum Gasteiger partial charge on any atom is 0.472 e. The van der Waals surface area contributed by atoms with Gasteiger partial charge in [0.25, 0.3) is 0 Å². The summed E-state index contributed by atoms with van der Waals surface area (Å²) in [6.07, 6.45) is 30.8. The molecule has 0 aliphatic heterocycles. The van der Waals surface area contributed by atoms with E-state index in [0.717, 1.165) is 77.0 Å². The van der Waals surface area contributed by atoms with Crippen molar-refractivity contribution in [2.45, 2.75) is 161 Å². The van der Waals surface area contributed by atoms with Gasteiger partial charge in [-0.2, -0.15) is 0 Å². The number of hydrogen-bond acceptors (Lipinski definition) is 7. The molecule has 0 rings (SSSR count). The quantitative estimate of drug-likeness (QED) is 0.0232. The van der Waals surface area contributed by atoms with Gasteiger partial charge in [0, 0.05) is 12.8 Å². The van der Waals surface area contributed by atoms with Gasteiger partial charge >= 0.3 is 19.8 Å². The highest BCUT2D eigenvalue weighted by Crippen LogP contribution is 2.43. The van der Waals surface area contributed by atoms with Crippen LogP contribution in [0.3, 0.4) is 0 Å². The fraction of sp³-hybridized carbons (Fsp3) is 0.842. The molecule has 0 saturated heterocycles. The topological polar surface area (TPSA) is 108 Å². The molecule has 48 heavy (non-hydrogen) atoms. The van der Waals surface area contributed by atoms with Crippen LogP contribution < -0.4 is 0 Å². The fourth-order valence-corrected chi connectivity index (χ4v) is 5.61. The van der Waals surface area contributed by atoms with Crippen molar-refractivity contribution in [3.63, 3.8) is 0 Å². The van der Waals surface area contributed by atoms with Gasteiger partial charge in [-0.1, -0.05) is 109 Å². The lowest BCUT2D eigenvalue weighted by Gasteiger charge is -2.24. The Morgan fingerprint density at radius 1 is 0.625 bits per heavy atom. The zero-order valence-corrected chi connectivity index (χ0v) is 32.4. The molecule has 0 amide bonds. The molecule has 0 saturated carbocycles. The number of carbonyl (C=O) groups is 2. The SMILES string of the molecule is CCCC/C=C\CCCCCCCC(=O)O[C@H](COC(=O)CCCCCCC/C=C\CCCCCC)COP(=O)(O)OCC[N+](C)(C)C. The van der Waals surface area contributed by atoms with Crippen LogP contribution in [-0.4, -0.2) is 74.9 Å². The van der Waals surface area contributed by atoms with Crippen molar-refractivity contribution in [1.82, 2.24) is 0 Å². The van der Waals surface area contributed by atoms with E-state index in [1.165, 1.54) is 44.9 Å². The summed E-state index contributed by atoms with van der Waals surface area (Å²) >= 11 is 0. The highest BCUT2D eigenvalue weighted by atomic mass is 31.2. The zero-order valence-electron chi connectivity index (χ0n) is 31.5. The largest absolute Gasteiger partial charge is 0.472 e. The molecule has 0 spiro atoms. The molecule has 0 aliphatic rings. The molecule has 282 valence electrons. The summed E-state index contributed by atoms with van der Waals surface area (Å²) in [5, 5.41) is 0. The summed E-state index contributed by atoms with van der Waals surface area (Å²) in [6.45, 7) is 4.33. The number of phosphoric ester groups is 1.